The predicted molar refractivity (Wildman–Crippen MR) is 91.2 cm³/mol. The normalized spacial score (nSPS) is 19.0. The van der Waals surface area contributed by atoms with Crippen LogP contribution in [0.5, 0.6) is 0 Å². The van der Waals surface area contributed by atoms with Crippen molar-refractivity contribution < 1.29 is 14.0 Å². The van der Waals surface area contributed by atoms with Gasteiger partial charge in [-0.2, -0.15) is 0 Å². The highest BCUT2D eigenvalue weighted by Crippen LogP contribution is 2.10. The number of carbonyl (C=O) groups excluding carboxylic acids is 2. The van der Waals surface area contributed by atoms with Gasteiger partial charge in [-0.3, -0.25) is 14.5 Å². The summed E-state index contributed by atoms with van der Waals surface area (Å²) >= 11 is 0. The van der Waals surface area contributed by atoms with Crippen LogP contribution in [0.25, 0.3) is 0 Å². The summed E-state index contributed by atoms with van der Waals surface area (Å²) in [6.45, 7) is 3.50. The van der Waals surface area contributed by atoms with E-state index in [-0.39, 0.29) is 30.7 Å². The van der Waals surface area contributed by atoms with Gasteiger partial charge in [0, 0.05) is 50.7 Å². The molecule has 1 heterocycles. The lowest BCUT2D eigenvalue weighted by atomic mass is 10.2. The third-order valence-corrected chi connectivity index (χ3v) is 4.20. The molecule has 2 rings (SSSR count). The number of piperazine rings is 1. The summed E-state index contributed by atoms with van der Waals surface area (Å²) < 4.78 is 13.0. The second kappa shape index (κ2) is 8.75. The van der Waals surface area contributed by atoms with Crippen LogP contribution >= 0.6 is 0 Å². The van der Waals surface area contributed by atoms with Gasteiger partial charge in [0.15, 0.2) is 0 Å². The first-order valence-corrected chi connectivity index (χ1v) is 8.15. The Labute approximate surface area is 142 Å². The number of nitrogens with one attached hydrogen (secondary N) is 2. The number of hydrogen-bond acceptors (Lipinski definition) is 4. The number of benzene rings is 1. The van der Waals surface area contributed by atoms with Crippen molar-refractivity contribution in [2.45, 2.75) is 18.9 Å². The Morgan fingerprint density at radius 2 is 1.96 bits per heavy atom. The van der Waals surface area contributed by atoms with E-state index in [0.29, 0.717) is 12.2 Å². The number of anilines is 1. The molecule has 1 aliphatic rings. The molecule has 1 saturated heterocycles. The van der Waals surface area contributed by atoms with Crippen LogP contribution in [0.15, 0.2) is 24.3 Å². The minimum absolute atomic E-state index is 0.0722. The van der Waals surface area contributed by atoms with E-state index < -0.39 is 5.82 Å². The number of likely N-dealkylation sites (N-methyl/N-ethyl adjacent to an activating group) is 2. The highest BCUT2D eigenvalue weighted by molar-refractivity contribution is 5.93. The average molecular weight is 336 g/mol. The Morgan fingerprint density at radius 1 is 1.21 bits per heavy atom. The molecule has 0 spiro atoms. The molecule has 2 amide bonds. The number of nitrogens with zero attached hydrogens (tertiary/aromatic N) is 2. The molecule has 1 aliphatic heterocycles. The van der Waals surface area contributed by atoms with Gasteiger partial charge in [-0.05, 0) is 32.3 Å². The molecular formula is C17H25FN4O2. The number of hydrogen-bond donors (Lipinski definition) is 2. The van der Waals surface area contributed by atoms with Crippen LogP contribution in [-0.4, -0.2) is 67.9 Å². The third kappa shape index (κ3) is 5.90. The molecule has 1 fully saturated rings. The fraction of sp³-hybridized carbons (Fsp3) is 0.529. The van der Waals surface area contributed by atoms with Crippen LogP contribution in [0.2, 0.25) is 0 Å². The summed E-state index contributed by atoms with van der Waals surface area (Å²) in [5, 5.41) is 5.47. The molecule has 0 bridgehead atoms. The fourth-order valence-electron chi connectivity index (χ4n) is 2.66. The van der Waals surface area contributed by atoms with Gasteiger partial charge >= 0.3 is 0 Å². The van der Waals surface area contributed by atoms with Crippen LogP contribution < -0.4 is 10.6 Å². The molecule has 0 radical (unpaired) electrons. The maximum Gasteiger partial charge on any atom is 0.224 e. The molecule has 1 aromatic rings. The Bertz CT molecular complexity index is 581. The van der Waals surface area contributed by atoms with E-state index in [0.717, 1.165) is 19.6 Å². The van der Waals surface area contributed by atoms with Crippen molar-refractivity contribution in [1.29, 1.82) is 0 Å². The van der Waals surface area contributed by atoms with E-state index in [4.69, 9.17) is 0 Å². The van der Waals surface area contributed by atoms with Gasteiger partial charge < -0.3 is 15.5 Å². The number of halogens is 1. The van der Waals surface area contributed by atoms with E-state index >= 15 is 0 Å². The number of carbonyl (C=O) groups is 2. The quantitative estimate of drug-likeness (QED) is 0.810. The van der Waals surface area contributed by atoms with Crippen molar-refractivity contribution in [3.63, 3.8) is 0 Å². The van der Waals surface area contributed by atoms with Crippen molar-refractivity contribution >= 4 is 17.5 Å². The molecule has 24 heavy (non-hydrogen) atoms. The third-order valence-electron chi connectivity index (χ3n) is 4.20. The van der Waals surface area contributed by atoms with Crippen LogP contribution in [0.4, 0.5) is 10.1 Å². The van der Waals surface area contributed by atoms with Crippen molar-refractivity contribution in [3.05, 3.63) is 30.1 Å². The Balaban J connectivity index is 1.68. The maximum absolute atomic E-state index is 13.0. The molecule has 0 aliphatic carbocycles. The van der Waals surface area contributed by atoms with Crippen molar-refractivity contribution in [3.8, 4) is 0 Å². The summed E-state index contributed by atoms with van der Waals surface area (Å²) in [5.74, 6) is -0.858. The lowest BCUT2D eigenvalue weighted by molar-refractivity contribution is -0.124. The number of amides is 2. The SMILES string of the molecule is CN1CCN(C)C(CNC(=O)CCC(=O)Nc2cccc(F)c2)C1. The van der Waals surface area contributed by atoms with Gasteiger partial charge in [-0.1, -0.05) is 6.07 Å². The fourth-order valence-corrected chi connectivity index (χ4v) is 2.66. The molecule has 1 atom stereocenters. The molecule has 132 valence electrons. The zero-order valence-electron chi connectivity index (χ0n) is 14.2. The summed E-state index contributed by atoms with van der Waals surface area (Å²) in [6, 6.07) is 5.97. The first-order chi connectivity index (χ1) is 11.4. The smallest absolute Gasteiger partial charge is 0.224 e. The molecule has 0 saturated carbocycles. The summed E-state index contributed by atoms with van der Waals surface area (Å²) in [5.41, 5.74) is 0.396. The topological polar surface area (TPSA) is 64.7 Å². The molecule has 0 aromatic heterocycles. The van der Waals surface area contributed by atoms with Crippen molar-refractivity contribution in [1.82, 2.24) is 15.1 Å². The predicted octanol–water partition coefficient (Wildman–Crippen LogP) is 0.906. The average Bonchev–Trinajstić information content (AvgIpc) is 2.54. The van der Waals surface area contributed by atoms with Crippen molar-refractivity contribution in [2.75, 3.05) is 45.6 Å². The van der Waals surface area contributed by atoms with E-state index in [1.807, 2.05) is 0 Å². The van der Waals surface area contributed by atoms with E-state index in [1.54, 1.807) is 6.07 Å². The minimum atomic E-state index is -0.410. The molecule has 1 unspecified atom stereocenters. The van der Waals surface area contributed by atoms with E-state index in [2.05, 4.69) is 34.5 Å². The van der Waals surface area contributed by atoms with E-state index in [1.165, 1.54) is 18.2 Å². The highest BCUT2D eigenvalue weighted by Gasteiger charge is 2.22. The Hall–Kier alpha value is -1.99. The van der Waals surface area contributed by atoms with Crippen LogP contribution in [-0.2, 0) is 9.59 Å². The summed E-state index contributed by atoms with van der Waals surface area (Å²) in [7, 11) is 4.12. The van der Waals surface area contributed by atoms with Gasteiger partial charge in [-0.25, -0.2) is 4.39 Å². The van der Waals surface area contributed by atoms with Gasteiger partial charge in [0.25, 0.3) is 0 Å². The Morgan fingerprint density at radius 3 is 2.71 bits per heavy atom. The second-order valence-electron chi connectivity index (χ2n) is 6.26. The zero-order valence-corrected chi connectivity index (χ0v) is 14.2. The molecular weight excluding hydrogens is 311 g/mol. The molecule has 6 nitrogen and oxygen atoms in total. The van der Waals surface area contributed by atoms with Crippen LogP contribution in [0, 0.1) is 5.82 Å². The summed E-state index contributed by atoms with van der Waals surface area (Å²) in [6.07, 6.45) is 0.191. The first-order valence-electron chi connectivity index (χ1n) is 8.15. The standard InChI is InChI=1S/C17H25FN4O2/c1-21-8-9-22(2)15(12-21)11-19-16(23)6-7-17(24)20-14-5-3-4-13(18)10-14/h3-5,10,15H,6-9,11-12H2,1-2H3,(H,19,23)(H,20,24). The molecule has 2 N–H and O–H groups in total. The van der Waals surface area contributed by atoms with Gasteiger partial charge in [0.2, 0.25) is 11.8 Å². The summed E-state index contributed by atoms with van der Waals surface area (Å²) in [4.78, 5) is 28.2. The van der Waals surface area contributed by atoms with Crippen LogP contribution in [0.3, 0.4) is 0 Å². The van der Waals surface area contributed by atoms with Crippen LogP contribution in [0.1, 0.15) is 12.8 Å². The maximum atomic E-state index is 13.0. The molecule has 1 aromatic carbocycles. The van der Waals surface area contributed by atoms with Crippen molar-refractivity contribution in [2.24, 2.45) is 0 Å². The minimum Gasteiger partial charge on any atom is -0.354 e. The zero-order chi connectivity index (χ0) is 17.5. The largest absolute Gasteiger partial charge is 0.354 e. The highest BCUT2D eigenvalue weighted by atomic mass is 19.1. The monoisotopic (exact) mass is 336 g/mol. The van der Waals surface area contributed by atoms with E-state index in [9.17, 15) is 14.0 Å². The lowest BCUT2D eigenvalue weighted by Crippen LogP contribution is -2.54. The van der Waals surface area contributed by atoms with Gasteiger partial charge in [-0.15, -0.1) is 0 Å². The van der Waals surface area contributed by atoms with Gasteiger partial charge in [0.1, 0.15) is 5.82 Å². The lowest BCUT2D eigenvalue weighted by Gasteiger charge is -2.37. The molecule has 7 heteroatoms. The number of rotatable bonds is 6. The first kappa shape index (κ1) is 18.4. The Kier molecular flexibility index (Phi) is 6.69. The second-order valence-corrected chi connectivity index (χ2v) is 6.26. The van der Waals surface area contributed by atoms with Gasteiger partial charge in [0.05, 0.1) is 0 Å².